The number of carbonyl (C=O) groups is 1. The fourth-order valence-corrected chi connectivity index (χ4v) is 2.09. The lowest BCUT2D eigenvalue weighted by Crippen LogP contribution is -2.22. The van der Waals surface area contributed by atoms with E-state index in [4.69, 9.17) is 0 Å². The van der Waals surface area contributed by atoms with E-state index in [-0.39, 0.29) is 12.2 Å². The van der Waals surface area contributed by atoms with Gasteiger partial charge in [0.05, 0.1) is 11.6 Å². The quantitative estimate of drug-likeness (QED) is 0.619. The van der Waals surface area contributed by atoms with Gasteiger partial charge in [0.25, 0.3) is 0 Å². The number of hydrogen-bond acceptors (Lipinski definition) is 4. The molecular formula is C7H7NO2S. The van der Waals surface area contributed by atoms with E-state index in [1.807, 2.05) is 0 Å². The summed E-state index contributed by atoms with van der Waals surface area (Å²) in [5.41, 5.74) is 2.22. The maximum atomic E-state index is 11.1. The van der Waals surface area contributed by atoms with Crippen molar-refractivity contribution >= 4 is 17.1 Å². The first-order valence-corrected chi connectivity index (χ1v) is 4.29. The summed E-state index contributed by atoms with van der Waals surface area (Å²) in [6.07, 6.45) is 0.332. The first-order valence-electron chi connectivity index (χ1n) is 3.41. The molecule has 0 amide bonds. The van der Waals surface area contributed by atoms with Crippen molar-refractivity contribution in [3.8, 4) is 0 Å². The number of fused-ring (bicyclic) bond motifs is 1. The highest BCUT2D eigenvalue weighted by atomic mass is 32.1. The highest BCUT2D eigenvalue weighted by molar-refractivity contribution is 7.10. The zero-order valence-corrected chi connectivity index (χ0v) is 6.60. The Bertz CT molecular complexity index is 294. The van der Waals surface area contributed by atoms with Gasteiger partial charge in [-0.1, -0.05) is 0 Å². The fraction of sp³-hybridized carbons (Fsp3) is 0.429. The van der Waals surface area contributed by atoms with Crippen LogP contribution in [-0.2, 0) is 6.42 Å². The molecule has 1 atom stereocenters. The third-order valence-corrected chi connectivity index (χ3v) is 2.60. The molecule has 2 rings (SSSR count). The number of aromatic nitrogens is 1. The van der Waals surface area contributed by atoms with Gasteiger partial charge in [-0.15, -0.1) is 11.3 Å². The zero-order chi connectivity index (χ0) is 7.84. The van der Waals surface area contributed by atoms with Gasteiger partial charge in [0.15, 0.2) is 5.78 Å². The van der Waals surface area contributed by atoms with E-state index in [0.717, 1.165) is 4.88 Å². The Morgan fingerprint density at radius 2 is 2.45 bits per heavy atom. The predicted molar refractivity (Wildman–Crippen MR) is 40.8 cm³/mol. The molecule has 0 saturated heterocycles. The lowest BCUT2D eigenvalue weighted by atomic mass is 9.99. The van der Waals surface area contributed by atoms with E-state index in [1.54, 1.807) is 5.51 Å². The molecule has 1 aromatic rings. The standard InChI is InChI=1S/C7H7NO2S/c9-4-1-5(10)7-6(2-4)11-3-8-7/h3-4,9H,1-2H2. The minimum Gasteiger partial charge on any atom is -0.392 e. The summed E-state index contributed by atoms with van der Waals surface area (Å²) in [5, 5.41) is 9.20. The van der Waals surface area contributed by atoms with Gasteiger partial charge in [0, 0.05) is 17.7 Å². The first-order chi connectivity index (χ1) is 5.27. The number of hydrogen-bond donors (Lipinski definition) is 1. The van der Waals surface area contributed by atoms with Crippen molar-refractivity contribution in [2.45, 2.75) is 18.9 Å². The van der Waals surface area contributed by atoms with E-state index < -0.39 is 6.10 Å². The highest BCUT2D eigenvalue weighted by Crippen LogP contribution is 2.23. The Balaban J connectivity index is 2.44. The smallest absolute Gasteiger partial charge is 0.184 e. The number of nitrogens with zero attached hydrogens (tertiary/aromatic N) is 1. The van der Waals surface area contributed by atoms with Crippen LogP contribution in [0, 0.1) is 0 Å². The van der Waals surface area contributed by atoms with Gasteiger partial charge in [0.2, 0.25) is 0 Å². The number of aliphatic hydroxyl groups is 1. The van der Waals surface area contributed by atoms with Gasteiger partial charge in [0.1, 0.15) is 5.69 Å². The molecule has 11 heavy (non-hydrogen) atoms. The molecule has 1 heterocycles. The number of aliphatic hydroxyl groups excluding tert-OH is 1. The molecule has 0 saturated carbocycles. The molecule has 0 aliphatic heterocycles. The summed E-state index contributed by atoms with van der Waals surface area (Å²) < 4.78 is 0. The van der Waals surface area contributed by atoms with Gasteiger partial charge < -0.3 is 5.11 Å². The normalized spacial score (nSPS) is 23.4. The molecular weight excluding hydrogens is 162 g/mol. The van der Waals surface area contributed by atoms with Gasteiger partial charge in [-0.3, -0.25) is 4.79 Å². The Labute approximate surface area is 67.7 Å². The average Bonchev–Trinajstić information content (AvgIpc) is 2.34. The summed E-state index contributed by atoms with van der Waals surface area (Å²) in [7, 11) is 0. The largest absolute Gasteiger partial charge is 0.392 e. The second-order valence-electron chi connectivity index (χ2n) is 2.61. The van der Waals surface area contributed by atoms with Crippen LogP contribution < -0.4 is 0 Å². The van der Waals surface area contributed by atoms with E-state index in [2.05, 4.69) is 4.98 Å². The Morgan fingerprint density at radius 1 is 1.64 bits per heavy atom. The van der Waals surface area contributed by atoms with Crippen molar-refractivity contribution in [1.29, 1.82) is 0 Å². The molecule has 1 aliphatic carbocycles. The summed E-state index contributed by atoms with van der Waals surface area (Å²) in [5.74, 6) is -0.0278. The van der Waals surface area contributed by atoms with Gasteiger partial charge in [-0.2, -0.15) is 0 Å². The summed E-state index contributed by atoms with van der Waals surface area (Å²) in [6.45, 7) is 0. The molecule has 1 N–H and O–H groups in total. The Kier molecular flexibility index (Phi) is 1.51. The molecule has 3 nitrogen and oxygen atoms in total. The van der Waals surface area contributed by atoms with Crippen LogP contribution in [-0.4, -0.2) is 22.0 Å². The second kappa shape index (κ2) is 2.39. The number of rotatable bonds is 0. The molecule has 0 fully saturated rings. The maximum Gasteiger partial charge on any atom is 0.184 e. The molecule has 4 heteroatoms. The summed E-state index contributed by atoms with van der Waals surface area (Å²) >= 11 is 1.44. The topological polar surface area (TPSA) is 50.2 Å². The molecule has 58 valence electrons. The zero-order valence-electron chi connectivity index (χ0n) is 5.78. The minimum absolute atomic E-state index is 0.0278. The molecule has 0 radical (unpaired) electrons. The number of Topliss-reactive ketones (excluding diaryl/α,β-unsaturated/α-hetero) is 1. The maximum absolute atomic E-state index is 11.1. The SMILES string of the molecule is O=C1CC(O)Cc2scnc21. The van der Waals surface area contributed by atoms with Crippen molar-refractivity contribution in [3.63, 3.8) is 0 Å². The van der Waals surface area contributed by atoms with Crippen LogP contribution >= 0.6 is 11.3 Å². The van der Waals surface area contributed by atoms with Crippen molar-refractivity contribution < 1.29 is 9.90 Å². The number of thiazole rings is 1. The van der Waals surface area contributed by atoms with Crippen LogP contribution in [0.5, 0.6) is 0 Å². The summed E-state index contributed by atoms with van der Waals surface area (Å²) in [4.78, 5) is 16.0. The highest BCUT2D eigenvalue weighted by Gasteiger charge is 2.25. The molecule has 1 aromatic heterocycles. The predicted octanol–water partition coefficient (Wildman–Crippen LogP) is 0.633. The van der Waals surface area contributed by atoms with E-state index in [1.165, 1.54) is 11.3 Å². The van der Waals surface area contributed by atoms with Gasteiger partial charge >= 0.3 is 0 Å². The average molecular weight is 169 g/mol. The molecule has 1 unspecified atom stereocenters. The number of ketones is 1. The van der Waals surface area contributed by atoms with Crippen molar-refractivity contribution in [1.82, 2.24) is 4.98 Å². The fourth-order valence-electron chi connectivity index (χ4n) is 1.24. The third kappa shape index (κ3) is 1.08. The van der Waals surface area contributed by atoms with Crippen LogP contribution in [0.4, 0.5) is 0 Å². The Hall–Kier alpha value is -0.740. The van der Waals surface area contributed by atoms with Crippen molar-refractivity contribution in [3.05, 3.63) is 16.1 Å². The van der Waals surface area contributed by atoms with Crippen LogP contribution in [0.3, 0.4) is 0 Å². The second-order valence-corrected chi connectivity index (χ2v) is 3.55. The van der Waals surface area contributed by atoms with Crippen LogP contribution in [0.2, 0.25) is 0 Å². The molecule has 0 spiro atoms. The van der Waals surface area contributed by atoms with Crippen molar-refractivity contribution in [2.24, 2.45) is 0 Å². The Morgan fingerprint density at radius 3 is 3.27 bits per heavy atom. The van der Waals surface area contributed by atoms with Crippen LogP contribution in [0.15, 0.2) is 5.51 Å². The lowest BCUT2D eigenvalue weighted by Gasteiger charge is -2.13. The van der Waals surface area contributed by atoms with E-state index in [0.29, 0.717) is 12.1 Å². The third-order valence-electron chi connectivity index (χ3n) is 1.75. The molecule has 0 aromatic carbocycles. The van der Waals surface area contributed by atoms with Crippen molar-refractivity contribution in [2.75, 3.05) is 0 Å². The van der Waals surface area contributed by atoms with Gasteiger partial charge in [-0.25, -0.2) is 4.98 Å². The van der Waals surface area contributed by atoms with E-state index in [9.17, 15) is 9.90 Å². The lowest BCUT2D eigenvalue weighted by molar-refractivity contribution is 0.0850. The first kappa shape index (κ1) is 6.94. The van der Waals surface area contributed by atoms with Crippen LogP contribution in [0.1, 0.15) is 21.8 Å². The molecule has 1 aliphatic rings. The van der Waals surface area contributed by atoms with E-state index >= 15 is 0 Å². The minimum atomic E-state index is -0.490. The monoisotopic (exact) mass is 169 g/mol. The summed E-state index contributed by atoms with van der Waals surface area (Å²) in [6, 6.07) is 0. The molecule has 0 bridgehead atoms. The van der Waals surface area contributed by atoms with Crippen LogP contribution in [0.25, 0.3) is 0 Å². The number of carbonyl (C=O) groups excluding carboxylic acids is 1. The van der Waals surface area contributed by atoms with Gasteiger partial charge in [-0.05, 0) is 0 Å².